The van der Waals surface area contributed by atoms with Crippen LogP contribution in [0.1, 0.15) is 25.3 Å². The Labute approximate surface area is 129 Å². The molecule has 2 rings (SSSR count). The molecule has 0 saturated carbocycles. The van der Waals surface area contributed by atoms with Crippen LogP contribution in [0.2, 0.25) is 5.02 Å². The van der Waals surface area contributed by atoms with Crippen LogP contribution in [-0.4, -0.2) is 10.9 Å². The quantitative estimate of drug-likeness (QED) is 0.830. The molecule has 0 aliphatic rings. The summed E-state index contributed by atoms with van der Waals surface area (Å²) >= 11 is 5.90. The van der Waals surface area contributed by atoms with Crippen molar-refractivity contribution in [1.82, 2.24) is 10.4 Å². The van der Waals surface area contributed by atoms with Crippen molar-refractivity contribution in [2.45, 2.75) is 19.8 Å². The van der Waals surface area contributed by atoms with Crippen molar-refractivity contribution >= 4 is 23.3 Å². The van der Waals surface area contributed by atoms with Crippen LogP contribution in [0.5, 0.6) is 0 Å². The minimum Gasteiger partial charge on any atom is -0.282 e. The highest BCUT2D eigenvalue weighted by Crippen LogP contribution is 2.25. The number of halogens is 1. The lowest BCUT2D eigenvalue weighted by atomic mass is 9.88. The van der Waals surface area contributed by atoms with E-state index in [0.717, 1.165) is 5.56 Å². The van der Waals surface area contributed by atoms with E-state index in [4.69, 9.17) is 11.6 Å². The first-order valence-electron chi connectivity index (χ1n) is 6.80. The fraction of sp³-hybridized carbons (Fsp3) is 0.250. The van der Waals surface area contributed by atoms with E-state index < -0.39 is 0 Å². The van der Waals surface area contributed by atoms with Crippen LogP contribution < -0.4 is 10.9 Å². The molecule has 110 valence electrons. The maximum Gasteiger partial charge on any atom is 0.246 e. The summed E-state index contributed by atoms with van der Waals surface area (Å²) in [5.74, 6) is 0.414. The highest BCUT2D eigenvalue weighted by Gasteiger charge is 2.24. The predicted octanol–water partition coefficient (Wildman–Crippen LogP) is 3.62. The van der Waals surface area contributed by atoms with E-state index in [1.807, 2.05) is 38.1 Å². The zero-order valence-electron chi connectivity index (χ0n) is 12.0. The van der Waals surface area contributed by atoms with Gasteiger partial charge < -0.3 is 0 Å². The molecule has 0 aliphatic heterocycles. The first-order chi connectivity index (χ1) is 10.1. The third-order valence-corrected chi connectivity index (χ3v) is 3.41. The van der Waals surface area contributed by atoms with Gasteiger partial charge in [0, 0.05) is 11.2 Å². The predicted molar refractivity (Wildman–Crippen MR) is 85.0 cm³/mol. The van der Waals surface area contributed by atoms with Crippen molar-refractivity contribution in [3.8, 4) is 0 Å². The Morgan fingerprint density at radius 1 is 1.14 bits per heavy atom. The van der Waals surface area contributed by atoms with Crippen LogP contribution in [0.25, 0.3) is 0 Å². The van der Waals surface area contributed by atoms with Gasteiger partial charge in [-0.3, -0.25) is 15.6 Å². The number of hydrogen-bond acceptors (Lipinski definition) is 3. The summed E-state index contributed by atoms with van der Waals surface area (Å²) in [6.07, 6.45) is 1.66. The number of carbonyl (C=O) groups is 1. The Kier molecular flexibility index (Phi) is 5.17. The molecule has 0 spiro atoms. The molecule has 2 aromatic rings. The van der Waals surface area contributed by atoms with Crippen LogP contribution in [0.4, 0.5) is 5.82 Å². The summed E-state index contributed by atoms with van der Waals surface area (Å²) in [5, 5.41) is 0.660. The standard InChI is InChI=1S/C16H18ClN3O/c1-11(2)15(12-6-8-13(17)9-7-12)16(21)20-19-14-5-3-4-10-18-14/h3-11,15H,1-2H3,(H,18,19)(H,20,21). The van der Waals surface area contributed by atoms with E-state index >= 15 is 0 Å². The molecule has 4 nitrogen and oxygen atoms in total. The number of rotatable bonds is 5. The number of anilines is 1. The van der Waals surface area contributed by atoms with Crippen LogP contribution >= 0.6 is 11.6 Å². The van der Waals surface area contributed by atoms with E-state index in [-0.39, 0.29) is 17.7 Å². The Morgan fingerprint density at radius 2 is 1.86 bits per heavy atom. The molecule has 1 unspecified atom stereocenters. The molecule has 1 aromatic carbocycles. The number of nitrogens with one attached hydrogen (secondary N) is 2. The number of nitrogens with zero attached hydrogens (tertiary/aromatic N) is 1. The second-order valence-corrected chi connectivity index (χ2v) is 5.54. The number of amides is 1. The summed E-state index contributed by atoms with van der Waals surface area (Å²) in [5.41, 5.74) is 6.47. The molecule has 0 aliphatic carbocycles. The lowest BCUT2D eigenvalue weighted by Gasteiger charge is -2.21. The molecule has 0 fully saturated rings. The molecule has 2 N–H and O–H groups in total. The van der Waals surface area contributed by atoms with Gasteiger partial charge >= 0.3 is 0 Å². The van der Waals surface area contributed by atoms with Gasteiger partial charge in [-0.15, -0.1) is 0 Å². The van der Waals surface area contributed by atoms with Crippen LogP contribution in [0.15, 0.2) is 48.7 Å². The number of benzene rings is 1. The largest absolute Gasteiger partial charge is 0.282 e. The second-order valence-electron chi connectivity index (χ2n) is 5.10. The van der Waals surface area contributed by atoms with Gasteiger partial charge in [-0.2, -0.15) is 0 Å². The lowest BCUT2D eigenvalue weighted by Crippen LogP contribution is -2.36. The lowest BCUT2D eigenvalue weighted by molar-refractivity contribution is -0.123. The van der Waals surface area contributed by atoms with E-state index in [1.54, 1.807) is 24.4 Å². The minimum atomic E-state index is -0.251. The van der Waals surface area contributed by atoms with Crippen LogP contribution in [0.3, 0.4) is 0 Å². The highest BCUT2D eigenvalue weighted by atomic mass is 35.5. The number of aromatic nitrogens is 1. The van der Waals surface area contributed by atoms with Crippen LogP contribution in [-0.2, 0) is 4.79 Å². The maximum atomic E-state index is 12.4. The van der Waals surface area contributed by atoms with Gasteiger partial charge in [0.15, 0.2) is 0 Å². The highest BCUT2D eigenvalue weighted by molar-refractivity contribution is 6.30. The van der Waals surface area contributed by atoms with Crippen molar-refractivity contribution in [1.29, 1.82) is 0 Å². The number of hydrogen-bond donors (Lipinski definition) is 2. The molecule has 0 bridgehead atoms. The second kappa shape index (κ2) is 7.09. The topological polar surface area (TPSA) is 54.0 Å². The van der Waals surface area contributed by atoms with Crippen molar-refractivity contribution in [2.75, 3.05) is 5.43 Å². The maximum absolute atomic E-state index is 12.4. The van der Waals surface area contributed by atoms with Crippen molar-refractivity contribution in [3.05, 3.63) is 59.2 Å². The molecule has 0 saturated heterocycles. The van der Waals surface area contributed by atoms with Gasteiger partial charge in [0.05, 0.1) is 5.92 Å². The Hall–Kier alpha value is -2.07. The first kappa shape index (κ1) is 15.3. The van der Waals surface area contributed by atoms with Gasteiger partial charge in [-0.05, 0) is 35.7 Å². The normalized spacial score (nSPS) is 12.0. The number of pyridine rings is 1. The van der Waals surface area contributed by atoms with Gasteiger partial charge in [0.25, 0.3) is 0 Å². The molecule has 1 heterocycles. The molecule has 0 radical (unpaired) electrons. The van der Waals surface area contributed by atoms with Crippen LogP contribution in [0, 0.1) is 5.92 Å². The zero-order chi connectivity index (χ0) is 15.2. The monoisotopic (exact) mass is 303 g/mol. The van der Waals surface area contributed by atoms with Gasteiger partial charge in [0.1, 0.15) is 5.82 Å². The number of hydrazine groups is 1. The molecular weight excluding hydrogens is 286 g/mol. The van der Waals surface area contributed by atoms with E-state index in [9.17, 15) is 4.79 Å². The summed E-state index contributed by atoms with van der Waals surface area (Å²) in [6.45, 7) is 4.03. The van der Waals surface area contributed by atoms with Gasteiger partial charge in [-0.1, -0.05) is 43.6 Å². The SMILES string of the molecule is CC(C)C(C(=O)NNc1ccccn1)c1ccc(Cl)cc1. The van der Waals surface area contributed by atoms with Gasteiger partial charge in [0.2, 0.25) is 5.91 Å². The third kappa shape index (κ3) is 4.20. The Balaban J connectivity index is 2.07. The first-order valence-corrected chi connectivity index (χ1v) is 7.18. The van der Waals surface area contributed by atoms with Crippen molar-refractivity contribution in [2.24, 2.45) is 5.92 Å². The summed E-state index contributed by atoms with van der Waals surface area (Å²) in [6, 6.07) is 12.8. The fourth-order valence-electron chi connectivity index (χ4n) is 2.15. The molecule has 1 atom stereocenters. The third-order valence-electron chi connectivity index (χ3n) is 3.16. The van der Waals surface area contributed by atoms with E-state index in [1.165, 1.54) is 0 Å². The molecular formula is C16H18ClN3O. The zero-order valence-corrected chi connectivity index (χ0v) is 12.8. The fourth-order valence-corrected chi connectivity index (χ4v) is 2.28. The molecule has 5 heteroatoms. The van der Waals surface area contributed by atoms with Gasteiger partial charge in [-0.25, -0.2) is 4.98 Å². The Morgan fingerprint density at radius 3 is 2.43 bits per heavy atom. The van der Waals surface area contributed by atoms with E-state index in [2.05, 4.69) is 15.8 Å². The summed E-state index contributed by atoms with van der Waals surface area (Å²) in [4.78, 5) is 16.5. The molecule has 1 amide bonds. The summed E-state index contributed by atoms with van der Waals surface area (Å²) < 4.78 is 0. The number of carbonyl (C=O) groups excluding carboxylic acids is 1. The summed E-state index contributed by atoms with van der Waals surface area (Å²) in [7, 11) is 0. The average Bonchev–Trinajstić information content (AvgIpc) is 2.48. The molecule has 1 aromatic heterocycles. The Bertz CT molecular complexity index is 584. The van der Waals surface area contributed by atoms with E-state index in [0.29, 0.717) is 10.8 Å². The minimum absolute atomic E-state index is 0.0991. The van der Waals surface area contributed by atoms with Crippen molar-refractivity contribution < 1.29 is 4.79 Å². The van der Waals surface area contributed by atoms with Crippen molar-refractivity contribution in [3.63, 3.8) is 0 Å². The average molecular weight is 304 g/mol. The molecule has 21 heavy (non-hydrogen) atoms. The smallest absolute Gasteiger partial charge is 0.246 e.